The lowest BCUT2D eigenvalue weighted by Crippen LogP contribution is -2.31. The molecule has 8 nitrogen and oxygen atoms in total. The Labute approximate surface area is 174 Å². The maximum atomic E-state index is 12.6. The molecule has 2 amide bonds. The number of hydrogen-bond donors (Lipinski definition) is 3. The Balaban J connectivity index is 1.43. The quantitative estimate of drug-likeness (QED) is 0.468. The molecule has 1 heterocycles. The smallest absolute Gasteiger partial charge is 0.329 e. The van der Waals surface area contributed by atoms with Gasteiger partial charge in [-0.2, -0.15) is 0 Å². The van der Waals surface area contributed by atoms with Crippen molar-refractivity contribution in [1.29, 1.82) is 0 Å². The number of aryl methyl sites for hydroxylation is 2. The van der Waals surface area contributed by atoms with Crippen molar-refractivity contribution in [3.63, 3.8) is 0 Å². The van der Waals surface area contributed by atoms with Crippen LogP contribution in [0.15, 0.2) is 53.3 Å². The summed E-state index contributed by atoms with van der Waals surface area (Å²) in [5.74, 6) is -0.380. The van der Waals surface area contributed by atoms with E-state index in [1.54, 1.807) is 21.3 Å². The molecule has 0 aliphatic carbocycles. The number of hydrogen-bond acceptors (Lipinski definition) is 4. The van der Waals surface area contributed by atoms with Gasteiger partial charge >= 0.3 is 5.69 Å². The van der Waals surface area contributed by atoms with Crippen molar-refractivity contribution < 1.29 is 14.7 Å². The van der Waals surface area contributed by atoms with Crippen molar-refractivity contribution >= 4 is 22.8 Å². The predicted octanol–water partition coefficient (Wildman–Crippen LogP) is 1.85. The number of aromatic nitrogens is 2. The summed E-state index contributed by atoms with van der Waals surface area (Å²) < 4.78 is 3.33. The number of para-hydroxylation sites is 2. The molecule has 0 atom stereocenters. The molecule has 8 heteroatoms. The summed E-state index contributed by atoms with van der Waals surface area (Å²) in [5.41, 5.74) is 1.97. The van der Waals surface area contributed by atoms with Crippen LogP contribution >= 0.6 is 0 Å². The summed E-state index contributed by atoms with van der Waals surface area (Å²) in [7, 11) is 0. The maximum absolute atomic E-state index is 12.6. The average molecular weight is 410 g/mol. The third-order valence-electron chi connectivity index (χ3n) is 4.87. The van der Waals surface area contributed by atoms with Crippen molar-refractivity contribution in [1.82, 2.24) is 19.8 Å². The van der Waals surface area contributed by atoms with Crippen LogP contribution in [0.2, 0.25) is 0 Å². The molecule has 1 aromatic heterocycles. The molecule has 0 aliphatic rings. The van der Waals surface area contributed by atoms with Gasteiger partial charge in [-0.25, -0.2) is 4.79 Å². The van der Waals surface area contributed by atoms with Gasteiger partial charge in [0.1, 0.15) is 5.75 Å². The molecule has 0 aliphatic heterocycles. The lowest BCUT2D eigenvalue weighted by molar-refractivity contribution is -0.121. The molecule has 0 fully saturated rings. The lowest BCUT2D eigenvalue weighted by Gasteiger charge is -2.08. The number of nitrogens with one attached hydrogen (secondary N) is 2. The molecule has 2 aromatic carbocycles. The molecule has 0 saturated carbocycles. The van der Waals surface area contributed by atoms with Crippen LogP contribution in [0.3, 0.4) is 0 Å². The second kappa shape index (κ2) is 9.78. The first-order valence-corrected chi connectivity index (χ1v) is 10.0. The first-order chi connectivity index (χ1) is 14.5. The minimum Gasteiger partial charge on any atom is -0.508 e. The highest BCUT2D eigenvalue weighted by molar-refractivity contribution is 5.94. The molecule has 3 N–H and O–H groups in total. The van der Waals surface area contributed by atoms with Crippen LogP contribution in [0, 0.1) is 0 Å². The number of amides is 2. The summed E-state index contributed by atoms with van der Waals surface area (Å²) >= 11 is 0. The van der Waals surface area contributed by atoms with E-state index in [1.165, 1.54) is 12.1 Å². The summed E-state index contributed by atoms with van der Waals surface area (Å²) in [6, 6.07) is 13.7. The van der Waals surface area contributed by atoms with Crippen LogP contribution in [-0.4, -0.2) is 39.1 Å². The second-order valence-corrected chi connectivity index (χ2v) is 6.93. The number of carbonyl (C=O) groups excluding carboxylic acids is 2. The number of benzene rings is 2. The molecule has 0 saturated heterocycles. The second-order valence-electron chi connectivity index (χ2n) is 6.93. The largest absolute Gasteiger partial charge is 0.508 e. The van der Waals surface area contributed by atoms with E-state index in [0.717, 1.165) is 11.0 Å². The predicted molar refractivity (Wildman–Crippen MR) is 115 cm³/mol. The third-order valence-corrected chi connectivity index (χ3v) is 4.87. The van der Waals surface area contributed by atoms with Crippen molar-refractivity contribution in [2.24, 2.45) is 0 Å². The zero-order chi connectivity index (χ0) is 21.5. The van der Waals surface area contributed by atoms with E-state index in [4.69, 9.17) is 0 Å². The number of aromatic hydroxyl groups is 1. The number of phenolic OH excluding ortho intramolecular Hbond substituents is 1. The number of carbonyl (C=O) groups is 2. The van der Waals surface area contributed by atoms with E-state index in [9.17, 15) is 19.5 Å². The Hall–Kier alpha value is -3.55. The van der Waals surface area contributed by atoms with Gasteiger partial charge in [-0.1, -0.05) is 18.2 Å². The lowest BCUT2D eigenvalue weighted by atomic mass is 10.2. The molecular weight excluding hydrogens is 384 g/mol. The van der Waals surface area contributed by atoms with Crippen LogP contribution in [0.5, 0.6) is 5.75 Å². The van der Waals surface area contributed by atoms with Crippen LogP contribution in [-0.2, 0) is 17.9 Å². The van der Waals surface area contributed by atoms with Gasteiger partial charge in [0.05, 0.1) is 11.0 Å². The van der Waals surface area contributed by atoms with E-state index in [-0.39, 0.29) is 29.7 Å². The van der Waals surface area contributed by atoms with Gasteiger partial charge in [-0.15, -0.1) is 0 Å². The highest BCUT2D eigenvalue weighted by atomic mass is 16.3. The van der Waals surface area contributed by atoms with Crippen molar-refractivity contribution in [3.8, 4) is 5.75 Å². The maximum Gasteiger partial charge on any atom is 0.329 e. The zero-order valence-corrected chi connectivity index (χ0v) is 16.9. The molecule has 158 valence electrons. The summed E-state index contributed by atoms with van der Waals surface area (Å²) in [5, 5.41) is 15.0. The van der Waals surface area contributed by atoms with Gasteiger partial charge in [0.15, 0.2) is 0 Å². The SMILES string of the molecule is CCn1c(=O)n(CCC(=O)NCCCNC(=O)c2cccc(O)c2)c2ccccc21. The van der Waals surface area contributed by atoms with Gasteiger partial charge in [-0.3, -0.25) is 18.7 Å². The summed E-state index contributed by atoms with van der Waals surface area (Å²) in [6.07, 6.45) is 0.776. The van der Waals surface area contributed by atoms with Crippen molar-refractivity contribution in [2.75, 3.05) is 13.1 Å². The van der Waals surface area contributed by atoms with Gasteiger partial charge in [0.2, 0.25) is 5.91 Å². The fourth-order valence-corrected chi connectivity index (χ4v) is 3.36. The monoisotopic (exact) mass is 410 g/mol. The average Bonchev–Trinajstić information content (AvgIpc) is 3.02. The number of fused-ring (bicyclic) bond motifs is 1. The molecule has 3 aromatic rings. The van der Waals surface area contributed by atoms with Gasteiger partial charge < -0.3 is 15.7 Å². The summed E-state index contributed by atoms with van der Waals surface area (Å²) in [6.45, 7) is 3.63. The number of phenols is 1. The highest BCUT2D eigenvalue weighted by Crippen LogP contribution is 2.13. The molecular formula is C22H26N4O4. The highest BCUT2D eigenvalue weighted by Gasteiger charge is 2.12. The van der Waals surface area contributed by atoms with Crippen LogP contribution in [0.4, 0.5) is 0 Å². The Kier molecular flexibility index (Phi) is 6.90. The minimum absolute atomic E-state index is 0.0380. The van der Waals surface area contributed by atoms with Gasteiger partial charge in [-0.05, 0) is 43.7 Å². The molecule has 0 unspecified atom stereocenters. The van der Waals surface area contributed by atoms with Crippen LogP contribution in [0.1, 0.15) is 30.1 Å². The third kappa shape index (κ3) is 4.89. The van der Waals surface area contributed by atoms with E-state index >= 15 is 0 Å². The topological polar surface area (TPSA) is 105 Å². The van der Waals surface area contributed by atoms with Crippen molar-refractivity contribution in [3.05, 3.63) is 64.6 Å². The first-order valence-electron chi connectivity index (χ1n) is 10.0. The Morgan fingerprint density at radius 2 is 1.67 bits per heavy atom. The van der Waals surface area contributed by atoms with Crippen LogP contribution in [0.25, 0.3) is 11.0 Å². The normalized spacial score (nSPS) is 10.8. The van der Waals surface area contributed by atoms with Gasteiger partial charge in [0.25, 0.3) is 5.91 Å². The number of nitrogens with zero attached hydrogens (tertiary/aromatic N) is 2. The molecule has 0 bridgehead atoms. The van der Waals surface area contributed by atoms with E-state index in [1.807, 2.05) is 31.2 Å². The number of rotatable bonds is 9. The standard InChI is InChI=1S/C22H26N4O4/c1-2-25-18-9-3-4-10-19(18)26(22(25)30)14-11-20(28)23-12-6-13-24-21(29)16-7-5-8-17(27)15-16/h3-5,7-10,15,27H,2,6,11-14H2,1H3,(H,23,28)(H,24,29). The zero-order valence-electron chi connectivity index (χ0n) is 16.9. The molecule has 3 rings (SSSR count). The molecule has 0 radical (unpaired) electrons. The van der Waals surface area contributed by atoms with E-state index in [2.05, 4.69) is 10.6 Å². The van der Waals surface area contributed by atoms with Crippen LogP contribution < -0.4 is 16.3 Å². The fourth-order valence-electron chi connectivity index (χ4n) is 3.36. The van der Waals surface area contributed by atoms with E-state index in [0.29, 0.717) is 38.2 Å². The van der Waals surface area contributed by atoms with Crippen molar-refractivity contribution in [2.45, 2.75) is 32.9 Å². The summed E-state index contributed by atoms with van der Waals surface area (Å²) in [4.78, 5) is 36.7. The number of imidazole rings is 1. The Morgan fingerprint density at radius 3 is 2.37 bits per heavy atom. The Morgan fingerprint density at radius 1 is 0.967 bits per heavy atom. The van der Waals surface area contributed by atoms with E-state index < -0.39 is 0 Å². The molecule has 30 heavy (non-hydrogen) atoms. The van der Waals surface area contributed by atoms with Gasteiger partial charge in [0, 0.05) is 38.2 Å². The first kappa shape index (κ1) is 21.2. The molecule has 0 spiro atoms. The fraction of sp³-hybridized carbons (Fsp3) is 0.318. The Bertz CT molecular complexity index is 1100. The minimum atomic E-state index is -0.274.